The number of furan rings is 1. The van der Waals surface area contributed by atoms with Gasteiger partial charge in [-0.1, -0.05) is 43.7 Å². The lowest BCUT2D eigenvalue weighted by molar-refractivity contribution is 0.647. The molecule has 0 aliphatic carbocycles. The van der Waals surface area contributed by atoms with Gasteiger partial charge in [0.05, 0.1) is 16.7 Å². The quantitative estimate of drug-likeness (QED) is 0.277. The van der Waals surface area contributed by atoms with E-state index in [1.54, 1.807) is 0 Å². The summed E-state index contributed by atoms with van der Waals surface area (Å²) in [5.41, 5.74) is 10.7. The second-order valence-electron chi connectivity index (χ2n) is 9.56. The summed E-state index contributed by atoms with van der Waals surface area (Å²) in [6, 6.07) is 23.4. The van der Waals surface area contributed by atoms with Crippen LogP contribution in [0.4, 0.5) is 0 Å². The molecule has 0 unspecified atom stereocenters. The summed E-state index contributed by atoms with van der Waals surface area (Å²) in [7, 11) is 0. The summed E-state index contributed by atoms with van der Waals surface area (Å²) in [6.45, 7) is 10.8. The van der Waals surface area contributed by atoms with Crippen LogP contribution in [0.1, 0.15) is 42.1 Å². The molecule has 3 heterocycles. The van der Waals surface area contributed by atoms with Crippen LogP contribution in [0.15, 0.2) is 71.1 Å². The van der Waals surface area contributed by atoms with Gasteiger partial charge in [-0.05, 0) is 80.3 Å². The predicted octanol–water partition coefficient (Wildman–Crippen LogP) is 8.04. The van der Waals surface area contributed by atoms with Crippen LogP contribution in [-0.4, -0.2) is 14.5 Å². The topological polar surface area (TPSA) is 43.9 Å². The molecule has 168 valence electrons. The van der Waals surface area contributed by atoms with E-state index in [1.807, 2.05) is 12.1 Å². The van der Waals surface area contributed by atoms with Crippen LogP contribution >= 0.6 is 0 Å². The minimum atomic E-state index is 0.356. The zero-order valence-corrected chi connectivity index (χ0v) is 20.2. The molecule has 6 rings (SSSR count). The monoisotopic (exact) mass is 445 g/mol. The molecule has 34 heavy (non-hydrogen) atoms. The lowest BCUT2D eigenvalue weighted by Crippen LogP contribution is -2.03. The fourth-order valence-corrected chi connectivity index (χ4v) is 5.10. The highest BCUT2D eigenvalue weighted by Gasteiger charge is 2.19. The second-order valence-corrected chi connectivity index (χ2v) is 9.56. The molecular formula is C30H27N3O. The molecular weight excluding hydrogens is 418 g/mol. The third-order valence-corrected chi connectivity index (χ3v) is 6.63. The highest BCUT2D eigenvalue weighted by atomic mass is 16.3. The number of fused-ring (bicyclic) bond motifs is 4. The maximum absolute atomic E-state index is 6.12. The Bertz CT molecular complexity index is 1700. The Labute approximate surface area is 198 Å². The van der Waals surface area contributed by atoms with Gasteiger partial charge in [-0.15, -0.1) is 0 Å². The molecule has 4 nitrogen and oxygen atoms in total. The van der Waals surface area contributed by atoms with E-state index in [0.717, 1.165) is 44.5 Å². The fourth-order valence-electron chi connectivity index (χ4n) is 5.10. The van der Waals surface area contributed by atoms with Crippen LogP contribution in [0.25, 0.3) is 50.2 Å². The molecule has 0 aliphatic rings. The number of pyridine rings is 1. The molecule has 3 aromatic carbocycles. The minimum absolute atomic E-state index is 0.356. The molecule has 0 saturated heterocycles. The highest BCUT2D eigenvalue weighted by Crippen LogP contribution is 2.36. The SMILES string of the molecule is Cc1cc(C)c(-n2c(-c3ccc4oc5nc(C(C)C)ccc5c4c3)nc3ccccc32)c(C)c1. The molecule has 0 fully saturated rings. The molecule has 0 aliphatic heterocycles. The van der Waals surface area contributed by atoms with Gasteiger partial charge >= 0.3 is 0 Å². The van der Waals surface area contributed by atoms with Crippen molar-refractivity contribution in [1.29, 1.82) is 0 Å². The van der Waals surface area contributed by atoms with E-state index in [4.69, 9.17) is 14.4 Å². The minimum Gasteiger partial charge on any atom is -0.438 e. The molecule has 0 amide bonds. The Balaban J connectivity index is 1.63. The summed E-state index contributed by atoms with van der Waals surface area (Å²) in [5, 5.41) is 2.10. The van der Waals surface area contributed by atoms with Crippen molar-refractivity contribution < 1.29 is 4.42 Å². The van der Waals surface area contributed by atoms with Gasteiger partial charge in [0, 0.05) is 22.0 Å². The Morgan fingerprint density at radius 1 is 0.794 bits per heavy atom. The Morgan fingerprint density at radius 3 is 2.32 bits per heavy atom. The van der Waals surface area contributed by atoms with Gasteiger partial charge in [-0.25, -0.2) is 9.97 Å². The summed E-state index contributed by atoms with van der Waals surface area (Å²) in [4.78, 5) is 9.85. The van der Waals surface area contributed by atoms with Crippen molar-refractivity contribution in [2.24, 2.45) is 0 Å². The summed E-state index contributed by atoms with van der Waals surface area (Å²) >= 11 is 0. The summed E-state index contributed by atoms with van der Waals surface area (Å²) in [5.74, 6) is 1.29. The largest absolute Gasteiger partial charge is 0.438 e. The lowest BCUT2D eigenvalue weighted by Gasteiger charge is -2.16. The Kier molecular flexibility index (Phi) is 4.59. The van der Waals surface area contributed by atoms with Gasteiger partial charge in [-0.3, -0.25) is 4.57 Å². The van der Waals surface area contributed by atoms with Gasteiger partial charge in [0.2, 0.25) is 5.71 Å². The van der Waals surface area contributed by atoms with Gasteiger partial charge in [0.25, 0.3) is 0 Å². The van der Waals surface area contributed by atoms with Crippen molar-refractivity contribution >= 4 is 33.1 Å². The average Bonchev–Trinajstić information content (AvgIpc) is 3.36. The Morgan fingerprint density at radius 2 is 1.56 bits per heavy atom. The fraction of sp³-hybridized carbons (Fsp3) is 0.200. The van der Waals surface area contributed by atoms with Crippen molar-refractivity contribution in [1.82, 2.24) is 14.5 Å². The maximum Gasteiger partial charge on any atom is 0.227 e. The number of aryl methyl sites for hydroxylation is 3. The molecule has 0 bridgehead atoms. The first-order valence-corrected chi connectivity index (χ1v) is 11.8. The third kappa shape index (κ3) is 3.13. The third-order valence-electron chi connectivity index (χ3n) is 6.63. The van der Waals surface area contributed by atoms with Gasteiger partial charge < -0.3 is 4.42 Å². The van der Waals surface area contributed by atoms with Gasteiger partial charge in [-0.2, -0.15) is 0 Å². The average molecular weight is 446 g/mol. The number of aromatic nitrogens is 3. The van der Waals surface area contributed by atoms with E-state index in [2.05, 4.69) is 93.8 Å². The standard InChI is InChI=1S/C30H27N3O/c1-17(2)24-12-11-22-23-16-21(10-13-27(23)34-30(22)32-24)29-31-25-8-6-7-9-26(25)33(29)28-19(4)14-18(3)15-20(28)5/h6-17H,1-5H3. The molecule has 0 radical (unpaired) electrons. The number of para-hydroxylation sites is 2. The zero-order chi connectivity index (χ0) is 23.6. The van der Waals surface area contributed by atoms with E-state index >= 15 is 0 Å². The smallest absolute Gasteiger partial charge is 0.227 e. The number of hydrogen-bond acceptors (Lipinski definition) is 3. The van der Waals surface area contributed by atoms with Crippen molar-refractivity contribution in [2.45, 2.75) is 40.5 Å². The van der Waals surface area contributed by atoms with E-state index < -0.39 is 0 Å². The Hall–Kier alpha value is -3.92. The number of rotatable bonds is 3. The number of benzene rings is 3. The van der Waals surface area contributed by atoms with Crippen molar-refractivity contribution in [3.05, 3.63) is 89.1 Å². The molecule has 4 heteroatoms. The van der Waals surface area contributed by atoms with Crippen LogP contribution in [0.5, 0.6) is 0 Å². The first kappa shape index (κ1) is 20.7. The van der Waals surface area contributed by atoms with Gasteiger partial charge in [0.1, 0.15) is 11.4 Å². The van der Waals surface area contributed by atoms with E-state index in [9.17, 15) is 0 Å². The van der Waals surface area contributed by atoms with E-state index in [1.165, 1.54) is 22.4 Å². The number of nitrogens with zero attached hydrogens (tertiary/aromatic N) is 3. The van der Waals surface area contributed by atoms with Crippen LogP contribution < -0.4 is 0 Å². The first-order valence-electron chi connectivity index (χ1n) is 11.8. The number of imidazole rings is 1. The zero-order valence-electron chi connectivity index (χ0n) is 20.2. The summed E-state index contributed by atoms with van der Waals surface area (Å²) < 4.78 is 8.42. The molecule has 0 N–H and O–H groups in total. The maximum atomic E-state index is 6.12. The predicted molar refractivity (Wildman–Crippen MR) is 140 cm³/mol. The van der Waals surface area contributed by atoms with Crippen LogP contribution in [0.3, 0.4) is 0 Å². The first-order chi connectivity index (χ1) is 16.4. The van der Waals surface area contributed by atoms with Crippen molar-refractivity contribution in [3.8, 4) is 17.1 Å². The van der Waals surface area contributed by atoms with Gasteiger partial charge in [0.15, 0.2) is 0 Å². The highest BCUT2D eigenvalue weighted by molar-refractivity contribution is 6.05. The second kappa shape index (κ2) is 7.56. The van der Waals surface area contributed by atoms with E-state index in [0.29, 0.717) is 11.6 Å². The molecule has 0 saturated carbocycles. The van der Waals surface area contributed by atoms with E-state index in [-0.39, 0.29) is 0 Å². The van der Waals surface area contributed by atoms with Crippen molar-refractivity contribution in [3.63, 3.8) is 0 Å². The number of hydrogen-bond donors (Lipinski definition) is 0. The van der Waals surface area contributed by atoms with Crippen LogP contribution in [-0.2, 0) is 0 Å². The lowest BCUT2D eigenvalue weighted by atomic mass is 10.0. The molecule has 6 aromatic rings. The van der Waals surface area contributed by atoms with Crippen molar-refractivity contribution in [2.75, 3.05) is 0 Å². The molecule has 0 atom stereocenters. The molecule has 0 spiro atoms. The van der Waals surface area contributed by atoms with Crippen LogP contribution in [0.2, 0.25) is 0 Å². The normalized spacial score (nSPS) is 11.9. The van der Waals surface area contributed by atoms with Crippen LogP contribution in [0, 0.1) is 20.8 Å². The molecule has 3 aromatic heterocycles. The summed E-state index contributed by atoms with van der Waals surface area (Å²) in [6.07, 6.45) is 0.